The van der Waals surface area contributed by atoms with Gasteiger partial charge in [-0.25, -0.2) is 0 Å². The third-order valence-electron chi connectivity index (χ3n) is 2.41. The molecule has 0 saturated carbocycles. The third kappa shape index (κ3) is 3.30. The summed E-state index contributed by atoms with van der Waals surface area (Å²) in [5, 5.41) is 0. The van der Waals surface area contributed by atoms with Gasteiger partial charge in [-0.3, -0.25) is 0 Å². The summed E-state index contributed by atoms with van der Waals surface area (Å²) in [5.74, 6) is 1.58. The van der Waals surface area contributed by atoms with Gasteiger partial charge in [-0.1, -0.05) is 31.6 Å². The molecule has 0 atom stereocenters. The number of hydrogen-bond acceptors (Lipinski definition) is 2. The summed E-state index contributed by atoms with van der Waals surface area (Å²) < 4.78 is 10.9. The number of hydrogen-bond donors (Lipinski definition) is 0. The van der Waals surface area contributed by atoms with E-state index in [0.29, 0.717) is 0 Å². The van der Waals surface area contributed by atoms with Crippen LogP contribution in [0.1, 0.15) is 32.3 Å². The van der Waals surface area contributed by atoms with Crippen LogP contribution >= 0.6 is 0 Å². The fourth-order valence-electron chi connectivity index (χ4n) is 1.38. The fraction of sp³-hybridized carbons (Fsp3) is 0.429. The Balaban J connectivity index is 2.80. The molecule has 0 saturated heterocycles. The first-order valence-corrected chi connectivity index (χ1v) is 5.65. The predicted molar refractivity (Wildman–Crippen MR) is 68.1 cm³/mol. The molecular formula is C14H20O2. The van der Waals surface area contributed by atoms with Crippen LogP contribution in [-0.4, -0.2) is 13.7 Å². The normalized spacial score (nSPS) is 9.94. The van der Waals surface area contributed by atoms with Crippen molar-refractivity contribution in [1.82, 2.24) is 0 Å². The highest BCUT2D eigenvalue weighted by molar-refractivity contribution is 5.64. The van der Waals surface area contributed by atoms with E-state index < -0.39 is 0 Å². The van der Waals surface area contributed by atoms with Crippen LogP contribution in [0.25, 0.3) is 5.57 Å². The number of benzene rings is 1. The van der Waals surface area contributed by atoms with Crippen molar-refractivity contribution in [3.63, 3.8) is 0 Å². The van der Waals surface area contributed by atoms with Gasteiger partial charge in [0.05, 0.1) is 13.7 Å². The number of ether oxygens (including phenoxy) is 2. The molecule has 0 heterocycles. The van der Waals surface area contributed by atoms with Gasteiger partial charge in [-0.05, 0) is 31.0 Å². The molecule has 0 spiro atoms. The molecule has 0 fully saturated rings. The monoisotopic (exact) mass is 220 g/mol. The zero-order valence-corrected chi connectivity index (χ0v) is 10.4. The molecule has 0 unspecified atom stereocenters. The summed E-state index contributed by atoms with van der Waals surface area (Å²) in [6.07, 6.45) is 2.19. The van der Waals surface area contributed by atoms with Crippen molar-refractivity contribution in [1.29, 1.82) is 0 Å². The Kier molecular flexibility index (Phi) is 4.90. The van der Waals surface area contributed by atoms with Gasteiger partial charge >= 0.3 is 0 Å². The maximum atomic E-state index is 5.65. The quantitative estimate of drug-likeness (QED) is 0.677. The molecule has 1 aromatic rings. The molecule has 88 valence electrons. The van der Waals surface area contributed by atoms with Crippen molar-refractivity contribution in [2.24, 2.45) is 0 Å². The zero-order valence-electron chi connectivity index (χ0n) is 10.4. The average Bonchev–Trinajstić information content (AvgIpc) is 2.29. The van der Waals surface area contributed by atoms with Crippen molar-refractivity contribution >= 4 is 5.57 Å². The first-order chi connectivity index (χ1) is 7.69. The Morgan fingerprint density at radius 1 is 1.31 bits per heavy atom. The molecule has 1 aromatic carbocycles. The van der Waals surface area contributed by atoms with E-state index in [-0.39, 0.29) is 0 Å². The van der Waals surface area contributed by atoms with Crippen LogP contribution in [-0.2, 0) is 0 Å². The molecule has 0 radical (unpaired) electrons. The summed E-state index contributed by atoms with van der Waals surface area (Å²) >= 11 is 0. The van der Waals surface area contributed by atoms with Gasteiger partial charge in [0.25, 0.3) is 0 Å². The van der Waals surface area contributed by atoms with Crippen molar-refractivity contribution in [3.8, 4) is 11.5 Å². The molecule has 1 rings (SSSR count). The Labute approximate surface area is 97.9 Å². The number of rotatable bonds is 6. The van der Waals surface area contributed by atoms with E-state index in [1.807, 2.05) is 25.1 Å². The van der Waals surface area contributed by atoms with Gasteiger partial charge in [0.1, 0.15) is 0 Å². The second-order valence-electron chi connectivity index (χ2n) is 3.85. The van der Waals surface area contributed by atoms with E-state index >= 15 is 0 Å². The molecule has 16 heavy (non-hydrogen) atoms. The van der Waals surface area contributed by atoms with Gasteiger partial charge in [0.2, 0.25) is 0 Å². The van der Waals surface area contributed by atoms with Crippen LogP contribution in [0.3, 0.4) is 0 Å². The van der Waals surface area contributed by atoms with Gasteiger partial charge in [0.15, 0.2) is 11.5 Å². The molecule has 2 nitrogen and oxygen atoms in total. The average molecular weight is 220 g/mol. The van der Waals surface area contributed by atoms with Crippen molar-refractivity contribution in [2.75, 3.05) is 13.7 Å². The van der Waals surface area contributed by atoms with Crippen LogP contribution in [0.2, 0.25) is 0 Å². The number of unbranched alkanes of at least 4 members (excludes halogenated alkanes) is 1. The summed E-state index contributed by atoms with van der Waals surface area (Å²) in [4.78, 5) is 0. The highest BCUT2D eigenvalue weighted by Gasteiger charge is 2.05. The van der Waals surface area contributed by atoms with E-state index in [1.54, 1.807) is 7.11 Å². The molecule has 0 aliphatic rings. The van der Waals surface area contributed by atoms with Crippen molar-refractivity contribution in [2.45, 2.75) is 26.7 Å². The third-order valence-corrected chi connectivity index (χ3v) is 2.41. The van der Waals surface area contributed by atoms with Crippen molar-refractivity contribution in [3.05, 3.63) is 30.3 Å². The van der Waals surface area contributed by atoms with E-state index in [2.05, 4.69) is 13.5 Å². The van der Waals surface area contributed by atoms with E-state index in [1.165, 1.54) is 0 Å². The summed E-state index contributed by atoms with van der Waals surface area (Å²) in [7, 11) is 1.66. The predicted octanol–water partition coefficient (Wildman–Crippen LogP) is 3.91. The Morgan fingerprint density at radius 3 is 2.62 bits per heavy atom. The number of methoxy groups -OCH3 is 1. The highest BCUT2D eigenvalue weighted by Crippen LogP contribution is 2.30. The van der Waals surface area contributed by atoms with Crippen LogP contribution in [0.5, 0.6) is 11.5 Å². The molecule has 0 aromatic heterocycles. The molecular weight excluding hydrogens is 200 g/mol. The fourth-order valence-corrected chi connectivity index (χ4v) is 1.38. The second-order valence-corrected chi connectivity index (χ2v) is 3.85. The molecule has 0 amide bonds. The molecule has 0 bridgehead atoms. The maximum absolute atomic E-state index is 5.65. The van der Waals surface area contributed by atoms with Gasteiger partial charge in [0, 0.05) is 0 Å². The zero-order chi connectivity index (χ0) is 12.0. The lowest BCUT2D eigenvalue weighted by molar-refractivity contribution is 0.288. The lowest BCUT2D eigenvalue weighted by atomic mass is 10.1. The lowest BCUT2D eigenvalue weighted by Crippen LogP contribution is -1.99. The smallest absolute Gasteiger partial charge is 0.161 e. The summed E-state index contributed by atoms with van der Waals surface area (Å²) in [5.41, 5.74) is 2.11. The van der Waals surface area contributed by atoms with Crippen LogP contribution in [0.4, 0.5) is 0 Å². The Hall–Kier alpha value is -1.44. The van der Waals surface area contributed by atoms with Crippen LogP contribution in [0.15, 0.2) is 24.8 Å². The first kappa shape index (κ1) is 12.6. The standard InChI is InChI=1S/C14H20O2/c1-5-6-9-16-13-8-7-12(11(2)3)10-14(13)15-4/h7-8,10H,2,5-6,9H2,1,3-4H3. The topological polar surface area (TPSA) is 18.5 Å². The Bertz CT molecular complexity index is 356. The summed E-state index contributed by atoms with van der Waals surface area (Å²) in [6.45, 7) is 8.77. The molecule has 2 heteroatoms. The van der Waals surface area contributed by atoms with Crippen molar-refractivity contribution < 1.29 is 9.47 Å². The lowest BCUT2D eigenvalue weighted by Gasteiger charge is -2.11. The largest absolute Gasteiger partial charge is 0.493 e. The molecule has 0 aliphatic carbocycles. The summed E-state index contributed by atoms with van der Waals surface area (Å²) in [6, 6.07) is 5.91. The van der Waals surface area contributed by atoms with Gasteiger partial charge in [-0.2, -0.15) is 0 Å². The van der Waals surface area contributed by atoms with Gasteiger partial charge in [-0.15, -0.1) is 0 Å². The van der Waals surface area contributed by atoms with E-state index in [9.17, 15) is 0 Å². The molecule has 0 N–H and O–H groups in total. The van der Waals surface area contributed by atoms with E-state index in [4.69, 9.17) is 9.47 Å². The van der Waals surface area contributed by atoms with Crippen LogP contribution in [0, 0.1) is 0 Å². The number of allylic oxidation sites excluding steroid dienone is 1. The Morgan fingerprint density at radius 2 is 2.06 bits per heavy atom. The minimum atomic E-state index is 0.735. The van der Waals surface area contributed by atoms with Gasteiger partial charge < -0.3 is 9.47 Å². The van der Waals surface area contributed by atoms with E-state index in [0.717, 1.165) is 42.1 Å². The first-order valence-electron chi connectivity index (χ1n) is 5.65. The second kappa shape index (κ2) is 6.21. The minimum Gasteiger partial charge on any atom is -0.493 e. The van der Waals surface area contributed by atoms with Crippen LogP contribution < -0.4 is 9.47 Å². The highest BCUT2D eigenvalue weighted by atomic mass is 16.5. The minimum absolute atomic E-state index is 0.735. The maximum Gasteiger partial charge on any atom is 0.161 e. The SMILES string of the molecule is C=C(C)c1ccc(OCCCC)c(OC)c1. The molecule has 0 aliphatic heterocycles.